The third-order valence-corrected chi connectivity index (χ3v) is 5.04. The van der Waals surface area contributed by atoms with E-state index in [1.165, 1.54) is 11.1 Å². The molecule has 0 spiro atoms. The zero-order chi connectivity index (χ0) is 19.4. The van der Waals surface area contributed by atoms with Crippen LogP contribution in [0.3, 0.4) is 0 Å². The van der Waals surface area contributed by atoms with Crippen molar-refractivity contribution in [2.45, 2.75) is 53.9 Å². The van der Waals surface area contributed by atoms with Crippen LogP contribution in [0.4, 0.5) is 0 Å². The number of carbonyl (C=O) groups excluding carboxylic acids is 1. The number of methoxy groups -OCH3 is 1. The van der Waals surface area contributed by atoms with Crippen molar-refractivity contribution in [2.75, 3.05) is 7.11 Å². The molecule has 0 amide bonds. The number of ether oxygens (including phenoxy) is 1. The number of Topliss-reactive ketones (excluding diaryl/α,β-unsaturated/α-hetero) is 1. The summed E-state index contributed by atoms with van der Waals surface area (Å²) in [5, 5.41) is 0. The monoisotopic (exact) mass is 350 g/mol. The molecule has 0 aliphatic rings. The van der Waals surface area contributed by atoms with Crippen LogP contribution in [0.1, 0.15) is 68.4 Å². The Morgan fingerprint density at radius 3 is 2.23 bits per heavy atom. The third-order valence-electron chi connectivity index (χ3n) is 5.04. The molecular weight excluding hydrogens is 320 g/mol. The van der Waals surface area contributed by atoms with Gasteiger partial charge in [0.05, 0.1) is 7.11 Å². The molecule has 2 aromatic rings. The van der Waals surface area contributed by atoms with E-state index >= 15 is 0 Å². The van der Waals surface area contributed by atoms with Crippen molar-refractivity contribution in [2.24, 2.45) is 0 Å². The summed E-state index contributed by atoms with van der Waals surface area (Å²) in [6.07, 6.45) is 0.871. The number of benzene rings is 2. The summed E-state index contributed by atoms with van der Waals surface area (Å²) in [5.41, 5.74) is 7.37. The van der Waals surface area contributed by atoms with Gasteiger partial charge in [-0.25, -0.2) is 0 Å². The van der Waals surface area contributed by atoms with Crippen molar-refractivity contribution in [1.82, 2.24) is 0 Å². The van der Waals surface area contributed by atoms with Crippen LogP contribution in [0.2, 0.25) is 0 Å². The average molecular weight is 351 g/mol. The maximum Gasteiger partial charge on any atom is 0.160 e. The minimum absolute atomic E-state index is 0.0604. The summed E-state index contributed by atoms with van der Waals surface area (Å²) in [6, 6.07) is 12.4. The largest absolute Gasteiger partial charge is 0.496 e. The maximum absolute atomic E-state index is 12.7. The van der Waals surface area contributed by atoms with Gasteiger partial charge in [0, 0.05) is 11.1 Å². The highest BCUT2D eigenvalue weighted by atomic mass is 16.5. The number of aryl methyl sites for hydroxylation is 1. The second kappa shape index (κ2) is 8.35. The summed E-state index contributed by atoms with van der Waals surface area (Å²) in [6.45, 7) is 12.3. The highest BCUT2D eigenvalue weighted by molar-refractivity contribution is 6.27. The van der Waals surface area contributed by atoms with Gasteiger partial charge < -0.3 is 4.74 Å². The van der Waals surface area contributed by atoms with Gasteiger partial charge in [0.15, 0.2) is 5.78 Å². The Morgan fingerprint density at radius 1 is 1.04 bits per heavy atom. The molecule has 138 valence electrons. The molecule has 2 heteroatoms. The lowest BCUT2D eigenvalue weighted by atomic mass is 9.86. The topological polar surface area (TPSA) is 26.3 Å². The van der Waals surface area contributed by atoms with E-state index in [-0.39, 0.29) is 5.78 Å². The van der Waals surface area contributed by atoms with E-state index in [0.29, 0.717) is 5.92 Å². The molecule has 0 atom stereocenters. The van der Waals surface area contributed by atoms with Gasteiger partial charge in [0.1, 0.15) is 5.75 Å². The zero-order valence-electron chi connectivity index (χ0n) is 17.1. The van der Waals surface area contributed by atoms with Crippen LogP contribution in [0, 0.1) is 6.92 Å². The molecule has 0 saturated carbocycles. The molecule has 0 bridgehead atoms. The molecule has 0 N–H and O–H groups in total. The maximum atomic E-state index is 12.7. The first-order valence-electron chi connectivity index (χ1n) is 9.31. The van der Waals surface area contributed by atoms with Crippen LogP contribution < -0.4 is 4.74 Å². The minimum atomic E-state index is 0.0604. The third kappa shape index (κ3) is 3.75. The molecule has 2 aromatic carbocycles. The smallest absolute Gasteiger partial charge is 0.160 e. The predicted octanol–water partition coefficient (Wildman–Crippen LogP) is 6.21. The van der Waals surface area contributed by atoms with Gasteiger partial charge in [-0.3, -0.25) is 4.79 Å². The van der Waals surface area contributed by atoms with Crippen LogP contribution in [0.5, 0.6) is 5.75 Å². The lowest BCUT2D eigenvalue weighted by Gasteiger charge is -2.20. The van der Waals surface area contributed by atoms with E-state index < -0.39 is 0 Å². The lowest BCUT2D eigenvalue weighted by molar-refractivity contribution is -0.111. The van der Waals surface area contributed by atoms with E-state index in [1.807, 2.05) is 19.1 Å². The SMILES string of the molecule is CCc1c(C)ccc(/C(C(C)=O)=C(\C)c2ccccc2C(C)C)c1OC. The first kappa shape index (κ1) is 20.0. The van der Waals surface area contributed by atoms with Gasteiger partial charge in [-0.1, -0.05) is 57.2 Å². The Hall–Kier alpha value is -2.35. The summed E-state index contributed by atoms with van der Waals surface area (Å²) < 4.78 is 5.76. The van der Waals surface area contributed by atoms with Gasteiger partial charge in [0.2, 0.25) is 0 Å². The number of hydrogen-bond acceptors (Lipinski definition) is 2. The minimum Gasteiger partial charge on any atom is -0.496 e. The second-order valence-corrected chi connectivity index (χ2v) is 7.09. The lowest BCUT2D eigenvalue weighted by Crippen LogP contribution is -2.06. The van der Waals surface area contributed by atoms with Crippen LogP contribution in [-0.2, 0) is 11.2 Å². The standard InChI is InChI=1S/C24H30O2/c1-8-19-16(4)13-14-22(24(19)26-7)23(18(6)25)17(5)21-12-10-9-11-20(21)15(2)3/h9-15H,8H2,1-7H3/b23-17+. The van der Waals surface area contributed by atoms with Gasteiger partial charge >= 0.3 is 0 Å². The molecule has 0 fully saturated rings. The van der Waals surface area contributed by atoms with Gasteiger partial charge in [-0.15, -0.1) is 0 Å². The van der Waals surface area contributed by atoms with E-state index in [9.17, 15) is 4.79 Å². The van der Waals surface area contributed by atoms with Crippen LogP contribution in [0.15, 0.2) is 36.4 Å². The van der Waals surface area contributed by atoms with Crippen molar-refractivity contribution in [3.8, 4) is 5.75 Å². The van der Waals surface area contributed by atoms with Gasteiger partial charge in [0.25, 0.3) is 0 Å². The summed E-state index contributed by atoms with van der Waals surface area (Å²) >= 11 is 0. The van der Waals surface area contributed by atoms with Crippen molar-refractivity contribution < 1.29 is 9.53 Å². The second-order valence-electron chi connectivity index (χ2n) is 7.09. The number of allylic oxidation sites excluding steroid dienone is 2. The Labute approximate surface area is 157 Å². The predicted molar refractivity (Wildman–Crippen MR) is 111 cm³/mol. The summed E-state index contributed by atoms with van der Waals surface area (Å²) in [7, 11) is 1.69. The van der Waals surface area contributed by atoms with E-state index in [2.05, 4.69) is 52.0 Å². The quantitative estimate of drug-likeness (QED) is 0.457. The summed E-state index contributed by atoms with van der Waals surface area (Å²) in [5.74, 6) is 1.27. The summed E-state index contributed by atoms with van der Waals surface area (Å²) in [4.78, 5) is 12.7. The van der Waals surface area contributed by atoms with Gasteiger partial charge in [-0.2, -0.15) is 0 Å². The Morgan fingerprint density at radius 2 is 1.69 bits per heavy atom. The molecule has 0 unspecified atom stereocenters. The normalized spacial score (nSPS) is 12.2. The first-order valence-corrected chi connectivity index (χ1v) is 9.31. The molecule has 2 nitrogen and oxygen atoms in total. The number of rotatable bonds is 6. The molecule has 2 rings (SSSR count). The Balaban J connectivity index is 2.83. The molecule has 0 aliphatic carbocycles. The molecule has 0 radical (unpaired) electrons. The first-order chi connectivity index (χ1) is 12.3. The van der Waals surface area contributed by atoms with E-state index in [0.717, 1.165) is 40.0 Å². The van der Waals surface area contributed by atoms with Crippen LogP contribution in [0.25, 0.3) is 11.1 Å². The van der Waals surface area contributed by atoms with E-state index in [4.69, 9.17) is 4.74 Å². The highest BCUT2D eigenvalue weighted by Crippen LogP contribution is 2.38. The fourth-order valence-electron chi connectivity index (χ4n) is 3.73. The van der Waals surface area contributed by atoms with Crippen molar-refractivity contribution in [3.63, 3.8) is 0 Å². The zero-order valence-corrected chi connectivity index (χ0v) is 17.1. The number of hydrogen-bond donors (Lipinski definition) is 0. The molecule has 0 heterocycles. The van der Waals surface area contributed by atoms with Gasteiger partial charge in [-0.05, 0) is 60.9 Å². The molecule has 0 aliphatic heterocycles. The molecular formula is C24H30O2. The van der Waals surface area contributed by atoms with E-state index in [1.54, 1.807) is 14.0 Å². The van der Waals surface area contributed by atoms with Crippen molar-refractivity contribution in [1.29, 1.82) is 0 Å². The highest BCUT2D eigenvalue weighted by Gasteiger charge is 2.21. The Bertz CT molecular complexity index is 841. The van der Waals surface area contributed by atoms with Crippen LogP contribution in [-0.4, -0.2) is 12.9 Å². The number of carbonyl (C=O) groups is 1. The number of ketones is 1. The van der Waals surface area contributed by atoms with Crippen molar-refractivity contribution >= 4 is 16.9 Å². The molecule has 0 aromatic heterocycles. The fraction of sp³-hybridized carbons (Fsp3) is 0.375. The molecule has 0 saturated heterocycles. The van der Waals surface area contributed by atoms with Crippen molar-refractivity contribution in [3.05, 3.63) is 64.2 Å². The Kier molecular flexibility index (Phi) is 6.42. The van der Waals surface area contributed by atoms with Crippen LogP contribution >= 0.6 is 0 Å². The fourth-order valence-corrected chi connectivity index (χ4v) is 3.73. The molecule has 26 heavy (non-hydrogen) atoms. The average Bonchev–Trinajstić information content (AvgIpc) is 2.62.